The Hall–Kier alpha value is -2.07. The number of hydrogen-bond donors (Lipinski definition) is 1. The molecule has 104 valence electrons. The SMILES string of the molecule is CCc1cccc(NCc2ccc(Cl)c([N+](=O)[O-])c2)c1. The molecular weight excluding hydrogens is 276 g/mol. The zero-order valence-electron chi connectivity index (χ0n) is 11.1. The van der Waals surface area contributed by atoms with Crippen molar-refractivity contribution >= 4 is 23.0 Å². The molecule has 2 rings (SSSR count). The molecule has 2 aromatic rings. The maximum Gasteiger partial charge on any atom is 0.288 e. The average molecular weight is 291 g/mol. The van der Waals surface area contributed by atoms with Crippen molar-refractivity contribution in [3.05, 3.63) is 68.7 Å². The largest absolute Gasteiger partial charge is 0.381 e. The molecule has 0 saturated carbocycles. The molecule has 0 saturated heterocycles. The van der Waals surface area contributed by atoms with Crippen LogP contribution in [-0.4, -0.2) is 4.92 Å². The first kappa shape index (κ1) is 14.3. The summed E-state index contributed by atoms with van der Waals surface area (Å²) in [7, 11) is 0. The van der Waals surface area contributed by atoms with Crippen LogP contribution in [0.1, 0.15) is 18.1 Å². The lowest BCUT2D eigenvalue weighted by atomic mass is 10.1. The van der Waals surface area contributed by atoms with Crippen LogP contribution in [0.3, 0.4) is 0 Å². The first-order valence-electron chi connectivity index (χ1n) is 6.35. The molecule has 0 aliphatic heterocycles. The Morgan fingerprint density at radius 1 is 1.20 bits per heavy atom. The van der Waals surface area contributed by atoms with E-state index < -0.39 is 4.92 Å². The van der Waals surface area contributed by atoms with Gasteiger partial charge in [-0.15, -0.1) is 0 Å². The maximum atomic E-state index is 10.8. The minimum atomic E-state index is -0.469. The highest BCUT2D eigenvalue weighted by Gasteiger charge is 2.12. The van der Waals surface area contributed by atoms with Crippen LogP contribution in [0.4, 0.5) is 11.4 Å². The van der Waals surface area contributed by atoms with Crippen molar-refractivity contribution < 1.29 is 4.92 Å². The number of benzene rings is 2. The average Bonchev–Trinajstić information content (AvgIpc) is 2.46. The van der Waals surface area contributed by atoms with Crippen molar-refractivity contribution in [2.75, 3.05) is 5.32 Å². The fourth-order valence-electron chi connectivity index (χ4n) is 1.91. The topological polar surface area (TPSA) is 55.2 Å². The number of nitro groups is 1. The van der Waals surface area contributed by atoms with Crippen LogP contribution in [0.25, 0.3) is 0 Å². The van der Waals surface area contributed by atoms with Gasteiger partial charge in [-0.1, -0.05) is 36.7 Å². The third kappa shape index (κ3) is 3.48. The standard InChI is InChI=1S/C15H15ClN2O2/c1-2-11-4-3-5-13(8-11)17-10-12-6-7-14(16)15(9-12)18(19)20/h3-9,17H,2,10H2,1H3. The molecule has 4 nitrogen and oxygen atoms in total. The van der Waals surface area contributed by atoms with E-state index in [1.165, 1.54) is 11.6 Å². The second-order valence-corrected chi connectivity index (χ2v) is 4.86. The van der Waals surface area contributed by atoms with E-state index >= 15 is 0 Å². The van der Waals surface area contributed by atoms with Crippen molar-refractivity contribution in [1.29, 1.82) is 0 Å². The molecule has 0 spiro atoms. The van der Waals surface area contributed by atoms with Gasteiger partial charge in [-0.05, 0) is 35.7 Å². The second-order valence-electron chi connectivity index (χ2n) is 4.45. The minimum absolute atomic E-state index is 0.0618. The Morgan fingerprint density at radius 2 is 2.00 bits per heavy atom. The molecule has 0 unspecified atom stereocenters. The molecule has 0 heterocycles. The van der Waals surface area contributed by atoms with Crippen LogP contribution in [-0.2, 0) is 13.0 Å². The van der Waals surface area contributed by atoms with Gasteiger partial charge in [0.1, 0.15) is 5.02 Å². The van der Waals surface area contributed by atoms with Crippen molar-refractivity contribution in [2.24, 2.45) is 0 Å². The number of rotatable bonds is 5. The molecule has 0 radical (unpaired) electrons. The van der Waals surface area contributed by atoms with E-state index in [0.29, 0.717) is 6.54 Å². The molecule has 5 heteroatoms. The minimum Gasteiger partial charge on any atom is -0.381 e. The van der Waals surface area contributed by atoms with E-state index in [-0.39, 0.29) is 10.7 Å². The molecule has 0 aliphatic rings. The Kier molecular flexibility index (Phi) is 4.58. The van der Waals surface area contributed by atoms with Crippen LogP contribution in [0.5, 0.6) is 0 Å². The van der Waals surface area contributed by atoms with Gasteiger partial charge >= 0.3 is 0 Å². The summed E-state index contributed by atoms with van der Waals surface area (Å²) in [5.41, 5.74) is 3.01. The predicted octanol–water partition coefficient (Wildman–Crippen LogP) is 4.42. The lowest BCUT2D eigenvalue weighted by molar-refractivity contribution is -0.384. The summed E-state index contributed by atoms with van der Waals surface area (Å²) >= 11 is 5.79. The molecule has 0 aromatic heterocycles. The van der Waals surface area contributed by atoms with Crippen molar-refractivity contribution in [1.82, 2.24) is 0 Å². The highest BCUT2D eigenvalue weighted by molar-refractivity contribution is 6.32. The van der Waals surface area contributed by atoms with Crippen LogP contribution in [0, 0.1) is 10.1 Å². The van der Waals surface area contributed by atoms with Gasteiger partial charge in [0, 0.05) is 18.3 Å². The molecule has 0 aliphatic carbocycles. The maximum absolute atomic E-state index is 10.8. The Balaban J connectivity index is 2.10. The first-order valence-corrected chi connectivity index (χ1v) is 6.73. The number of nitro benzene ring substituents is 1. The molecule has 1 N–H and O–H groups in total. The van der Waals surface area contributed by atoms with E-state index in [9.17, 15) is 10.1 Å². The number of aryl methyl sites for hydroxylation is 1. The third-order valence-corrected chi connectivity index (χ3v) is 3.36. The van der Waals surface area contributed by atoms with Gasteiger partial charge in [0.05, 0.1) is 4.92 Å². The van der Waals surface area contributed by atoms with Gasteiger partial charge in [-0.25, -0.2) is 0 Å². The van der Waals surface area contributed by atoms with Gasteiger partial charge < -0.3 is 5.32 Å². The molecular formula is C15H15ClN2O2. The van der Waals surface area contributed by atoms with Crippen molar-refractivity contribution in [3.63, 3.8) is 0 Å². The predicted molar refractivity (Wildman–Crippen MR) is 81.3 cm³/mol. The second kappa shape index (κ2) is 6.39. The summed E-state index contributed by atoms with van der Waals surface area (Å²) in [6, 6.07) is 12.9. The lowest BCUT2D eigenvalue weighted by Gasteiger charge is -2.08. The van der Waals surface area contributed by atoms with E-state index in [0.717, 1.165) is 17.7 Å². The summed E-state index contributed by atoms with van der Waals surface area (Å²) in [6.07, 6.45) is 0.974. The molecule has 0 atom stereocenters. The highest BCUT2D eigenvalue weighted by Crippen LogP contribution is 2.25. The fraction of sp³-hybridized carbons (Fsp3) is 0.200. The summed E-state index contributed by atoms with van der Waals surface area (Å²) < 4.78 is 0. The Bertz CT molecular complexity index is 629. The summed E-state index contributed by atoms with van der Waals surface area (Å²) in [5.74, 6) is 0. The number of halogens is 1. The van der Waals surface area contributed by atoms with E-state index in [1.807, 2.05) is 12.1 Å². The van der Waals surface area contributed by atoms with Gasteiger partial charge in [-0.2, -0.15) is 0 Å². The molecule has 0 amide bonds. The van der Waals surface area contributed by atoms with Crippen molar-refractivity contribution in [2.45, 2.75) is 19.9 Å². The van der Waals surface area contributed by atoms with Gasteiger partial charge in [-0.3, -0.25) is 10.1 Å². The Labute approximate surface area is 122 Å². The fourth-order valence-corrected chi connectivity index (χ4v) is 2.10. The number of nitrogens with zero attached hydrogens (tertiary/aromatic N) is 1. The number of anilines is 1. The summed E-state index contributed by atoms with van der Waals surface area (Å²) in [5, 5.41) is 14.2. The summed E-state index contributed by atoms with van der Waals surface area (Å²) in [6.45, 7) is 2.62. The quantitative estimate of drug-likeness (QED) is 0.655. The highest BCUT2D eigenvalue weighted by atomic mass is 35.5. The number of hydrogen-bond acceptors (Lipinski definition) is 3. The third-order valence-electron chi connectivity index (χ3n) is 3.04. The van der Waals surface area contributed by atoms with Crippen LogP contribution < -0.4 is 5.32 Å². The lowest BCUT2D eigenvalue weighted by Crippen LogP contribution is -2.01. The first-order chi connectivity index (χ1) is 9.60. The van der Waals surface area contributed by atoms with Crippen LogP contribution in [0.2, 0.25) is 5.02 Å². The Morgan fingerprint density at radius 3 is 2.70 bits per heavy atom. The van der Waals surface area contributed by atoms with Crippen LogP contribution in [0.15, 0.2) is 42.5 Å². The molecule has 0 bridgehead atoms. The zero-order chi connectivity index (χ0) is 14.5. The monoisotopic (exact) mass is 290 g/mol. The van der Waals surface area contributed by atoms with E-state index in [2.05, 4.69) is 24.4 Å². The van der Waals surface area contributed by atoms with Gasteiger partial charge in [0.15, 0.2) is 0 Å². The van der Waals surface area contributed by atoms with Crippen molar-refractivity contribution in [3.8, 4) is 0 Å². The number of nitrogens with one attached hydrogen (secondary N) is 1. The van der Waals surface area contributed by atoms with Gasteiger partial charge in [0.2, 0.25) is 0 Å². The van der Waals surface area contributed by atoms with E-state index in [4.69, 9.17) is 11.6 Å². The zero-order valence-corrected chi connectivity index (χ0v) is 11.9. The van der Waals surface area contributed by atoms with E-state index in [1.54, 1.807) is 12.1 Å². The molecule has 20 heavy (non-hydrogen) atoms. The smallest absolute Gasteiger partial charge is 0.288 e. The van der Waals surface area contributed by atoms with Crippen LogP contribution >= 0.6 is 11.6 Å². The normalized spacial score (nSPS) is 10.3. The van der Waals surface area contributed by atoms with Gasteiger partial charge in [0.25, 0.3) is 5.69 Å². The summed E-state index contributed by atoms with van der Waals surface area (Å²) in [4.78, 5) is 10.4. The molecule has 0 fully saturated rings. The molecule has 2 aromatic carbocycles.